The van der Waals surface area contributed by atoms with Crippen LogP contribution in [0.1, 0.15) is 18.9 Å². The molecule has 0 bridgehead atoms. The van der Waals surface area contributed by atoms with Gasteiger partial charge in [-0.15, -0.1) is 0 Å². The summed E-state index contributed by atoms with van der Waals surface area (Å²) in [6.07, 6.45) is -0.913. The number of sulfonamides is 1. The van der Waals surface area contributed by atoms with E-state index in [1.165, 1.54) is 50.4 Å². The van der Waals surface area contributed by atoms with Gasteiger partial charge in [-0.05, 0) is 66.9 Å². The first-order valence-electron chi connectivity index (χ1n) is 12.2. The molecule has 1 aliphatic rings. The second-order valence-corrected chi connectivity index (χ2v) is 11.7. The third-order valence-electron chi connectivity index (χ3n) is 6.56. The summed E-state index contributed by atoms with van der Waals surface area (Å²) >= 11 is 0. The van der Waals surface area contributed by atoms with E-state index < -0.39 is 45.7 Å². The summed E-state index contributed by atoms with van der Waals surface area (Å²) in [4.78, 5) is 12.1. The molecule has 1 aliphatic heterocycles. The number of carbonyl (C=O) groups is 1. The monoisotopic (exact) mass is 579 g/mol. The van der Waals surface area contributed by atoms with Gasteiger partial charge in [-0.2, -0.15) is 8.78 Å². The van der Waals surface area contributed by atoms with Crippen molar-refractivity contribution in [3.63, 3.8) is 0 Å². The van der Waals surface area contributed by atoms with Crippen LogP contribution in [-0.2, 0) is 19.6 Å². The molecule has 0 spiro atoms. The highest BCUT2D eigenvalue weighted by atomic mass is 32.2. The molecule has 214 valence electrons. The van der Waals surface area contributed by atoms with Crippen molar-refractivity contribution in [2.45, 2.75) is 37.9 Å². The Kier molecular flexibility index (Phi) is 8.31. The number of hydrogen-bond donors (Lipinski definition) is 1. The Morgan fingerprint density at radius 1 is 1.15 bits per heavy atom. The van der Waals surface area contributed by atoms with Crippen LogP contribution in [0.15, 0.2) is 65.6 Å². The van der Waals surface area contributed by atoms with Gasteiger partial charge in [0.05, 0.1) is 29.1 Å². The molecule has 0 unspecified atom stereocenters. The number of nitrogens with zero attached hydrogens (tertiary/aromatic N) is 1. The largest absolute Gasteiger partial charge is 0.486 e. The van der Waals surface area contributed by atoms with Gasteiger partial charge in [0.15, 0.2) is 0 Å². The van der Waals surface area contributed by atoms with E-state index in [-0.39, 0.29) is 41.5 Å². The zero-order valence-electron chi connectivity index (χ0n) is 21.9. The van der Waals surface area contributed by atoms with Crippen LogP contribution in [0.25, 0.3) is 11.1 Å². The number of hydrogen-bond acceptors (Lipinski definition) is 6. The number of aliphatic carboxylic acids is 1. The molecule has 0 saturated heterocycles. The molecule has 1 heterocycles. The number of fused-ring (bicyclic) bond motifs is 1. The highest BCUT2D eigenvalue weighted by Gasteiger charge is 2.42. The normalized spacial score (nSPS) is 16.7. The van der Waals surface area contributed by atoms with E-state index in [0.29, 0.717) is 11.1 Å². The van der Waals surface area contributed by atoms with E-state index in [1.54, 1.807) is 19.1 Å². The van der Waals surface area contributed by atoms with Crippen molar-refractivity contribution in [2.24, 2.45) is 5.41 Å². The second kappa shape index (κ2) is 11.4. The Morgan fingerprint density at radius 2 is 1.90 bits per heavy atom. The van der Waals surface area contributed by atoms with Crippen molar-refractivity contribution in [1.82, 2.24) is 0 Å². The summed E-state index contributed by atoms with van der Waals surface area (Å²) in [5.41, 5.74) is -0.0341. The van der Waals surface area contributed by atoms with Crippen LogP contribution in [0.3, 0.4) is 0 Å². The lowest BCUT2D eigenvalue weighted by molar-refractivity contribution is -0.153. The van der Waals surface area contributed by atoms with Crippen LogP contribution in [-0.4, -0.2) is 52.5 Å². The van der Waals surface area contributed by atoms with E-state index >= 15 is 0 Å². The molecule has 40 heavy (non-hydrogen) atoms. The number of alkyl halides is 2. The summed E-state index contributed by atoms with van der Waals surface area (Å²) in [5, 5.41) is 9.83. The van der Waals surface area contributed by atoms with Gasteiger partial charge in [0.25, 0.3) is 10.0 Å². The number of methoxy groups -OCH3 is 1. The summed E-state index contributed by atoms with van der Waals surface area (Å²) < 4.78 is 84.3. The van der Waals surface area contributed by atoms with Gasteiger partial charge in [-0.3, -0.25) is 9.10 Å². The molecular weight excluding hydrogens is 551 g/mol. The molecule has 3 aromatic rings. The topological polar surface area (TPSA) is 102 Å². The number of rotatable bonds is 10. The zero-order valence-corrected chi connectivity index (χ0v) is 22.8. The van der Waals surface area contributed by atoms with Crippen molar-refractivity contribution in [3.8, 4) is 22.6 Å². The minimum Gasteiger partial charge on any atom is -0.486 e. The molecule has 12 heteroatoms. The van der Waals surface area contributed by atoms with Crippen LogP contribution >= 0.6 is 0 Å². The van der Waals surface area contributed by atoms with Crippen molar-refractivity contribution in [3.05, 3.63) is 72.0 Å². The molecule has 2 atom stereocenters. The standard InChI is InChI=1S/C28H28F3NO7S/c1-17-5-4-6-23(9-17)40(35,36)32-15-22(14-28(2,16-37-3)26(33)34)38-25-8-7-18(12-24(25)32)19-10-20(29)13-21(11-19)39-27(30)31/h4-13,22,27H,14-16H2,1-3H3,(H,33,34)/t22-,28-/m0/s1. The summed E-state index contributed by atoms with van der Waals surface area (Å²) in [6.45, 7) is -0.264. The maximum atomic E-state index is 14.3. The fourth-order valence-corrected chi connectivity index (χ4v) is 6.26. The van der Waals surface area contributed by atoms with Gasteiger partial charge < -0.3 is 19.3 Å². The van der Waals surface area contributed by atoms with Crippen molar-refractivity contribution >= 4 is 21.7 Å². The second-order valence-electron chi connectivity index (χ2n) is 9.83. The van der Waals surface area contributed by atoms with Gasteiger partial charge >= 0.3 is 12.6 Å². The Labute approximate surface area is 230 Å². The first-order valence-corrected chi connectivity index (χ1v) is 13.6. The van der Waals surface area contributed by atoms with Crippen LogP contribution in [0.2, 0.25) is 0 Å². The molecule has 1 N–H and O–H groups in total. The lowest BCUT2D eigenvalue weighted by Crippen LogP contribution is -2.47. The van der Waals surface area contributed by atoms with Crippen LogP contribution < -0.4 is 13.8 Å². The number of carboxylic acids is 1. The van der Waals surface area contributed by atoms with E-state index in [1.807, 2.05) is 0 Å². The number of anilines is 1. The van der Waals surface area contributed by atoms with Gasteiger partial charge in [0.2, 0.25) is 0 Å². The molecule has 4 rings (SSSR count). The molecular formula is C28H28F3NO7S. The molecule has 0 aliphatic carbocycles. The predicted octanol–water partition coefficient (Wildman–Crippen LogP) is 5.49. The van der Waals surface area contributed by atoms with Gasteiger partial charge in [0, 0.05) is 19.6 Å². The number of carboxylic acid groups (broad SMARTS) is 1. The van der Waals surface area contributed by atoms with E-state index in [2.05, 4.69) is 4.74 Å². The molecule has 0 radical (unpaired) electrons. The van der Waals surface area contributed by atoms with Gasteiger partial charge in [-0.1, -0.05) is 18.2 Å². The number of aryl methyl sites for hydroxylation is 1. The molecule has 0 fully saturated rings. The Morgan fingerprint density at radius 3 is 2.55 bits per heavy atom. The van der Waals surface area contributed by atoms with E-state index in [4.69, 9.17) is 9.47 Å². The summed E-state index contributed by atoms with van der Waals surface area (Å²) in [6, 6.07) is 13.9. The Balaban J connectivity index is 1.82. The third-order valence-corrected chi connectivity index (χ3v) is 8.33. The molecule has 0 saturated carbocycles. The Bertz CT molecular complexity index is 1520. The lowest BCUT2D eigenvalue weighted by Gasteiger charge is -2.38. The van der Waals surface area contributed by atoms with Crippen molar-refractivity contribution < 1.29 is 45.7 Å². The van der Waals surface area contributed by atoms with Crippen molar-refractivity contribution in [2.75, 3.05) is 24.6 Å². The number of benzene rings is 3. The fraction of sp³-hybridized carbons (Fsp3) is 0.321. The van der Waals surface area contributed by atoms with Crippen LogP contribution in [0.4, 0.5) is 18.9 Å². The zero-order chi connectivity index (χ0) is 29.2. The maximum absolute atomic E-state index is 14.3. The van der Waals surface area contributed by atoms with Gasteiger partial charge in [0.1, 0.15) is 23.4 Å². The smallest absolute Gasteiger partial charge is 0.387 e. The maximum Gasteiger partial charge on any atom is 0.387 e. The first kappa shape index (κ1) is 29.2. The SMILES string of the molecule is COC[C@](C)(C[C@H]1CN(S(=O)(=O)c2cccc(C)c2)c2cc(-c3cc(F)cc(OC(F)F)c3)ccc2O1)C(=O)O. The number of ether oxygens (including phenoxy) is 3. The van der Waals surface area contributed by atoms with E-state index in [0.717, 1.165) is 16.4 Å². The Hall–Kier alpha value is -3.77. The minimum atomic E-state index is -4.17. The lowest BCUT2D eigenvalue weighted by atomic mass is 9.85. The average Bonchev–Trinajstić information content (AvgIpc) is 2.87. The molecule has 0 amide bonds. The molecule has 0 aromatic heterocycles. The minimum absolute atomic E-state index is 0.0146. The van der Waals surface area contributed by atoms with Crippen molar-refractivity contribution in [1.29, 1.82) is 0 Å². The first-order chi connectivity index (χ1) is 18.8. The predicted molar refractivity (Wildman–Crippen MR) is 141 cm³/mol. The van der Waals surface area contributed by atoms with Crippen LogP contribution in [0, 0.1) is 18.2 Å². The summed E-state index contributed by atoms with van der Waals surface area (Å²) in [5.74, 6) is -2.19. The molecule has 8 nitrogen and oxygen atoms in total. The third kappa shape index (κ3) is 6.18. The average molecular weight is 580 g/mol. The van der Waals surface area contributed by atoms with Gasteiger partial charge in [-0.25, -0.2) is 12.8 Å². The van der Waals surface area contributed by atoms with E-state index in [9.17, 15) is 31.5 Å². The fourth-order valence-electron chi connectivity index (χ4n) is 4.66. The van der Waals surface area contributed by atoms with Crippen LogP contribution in [0.5, 0.6) is 11.5 Å². The number of halogens is 3. The highest BCUT2D eigenvalue weighted by molar-refractivity contribution is 7.92. The quantitative estimate of drug-likeness (QED) is 0.339. The summed E-state index contributed by atoms with van der Waals surface area (Å²) in [7, 11) is -2.80. The molecule has 3 aromatic carbocycles. The highest BCUT2D eigenvalue weighted by Crippen LogP contribution is 2.42.